The van der Waals surface area contributed by atoms with Gasteiger partial charge in [-0.1, -0.05) is 19.1 Å². The van der Waals surface area contributed by atoms with Gasteiger partial charge in [-0.3, -0.25) is 0 Å². The van der Waals surface area contributed by atoms with Crippen LogP contribution in [0, 0.1) is 0 Å². The van der Waals surface area contributed by atoms with Gasteiger partial charge in [-0.05, 0) is 23.7 Å². The second-order valence-corrected chi connectivity index (χ2v) is 4.51. The molecular weight excluding hydrogens is 241 g/mol. The number of alkyl halides is 3. The normalized spacial score (nSPS) is 19.7. The Balaban J connectivity index is 2.34. The summed E-state index contributed by atoms with van der Waals surface area (Å²) in [4.78, 5) is 0. The Labute approximate surface area is 105 Å². The average molecular weight is 258 g/mol. The summed E-state index contributed by atoms with van der Waals surface area (Å²) in [5.41, 5.74) is 0.720. The van der Waals surface area contributed by atoms with Crippen molar-refractivity contribution in [2.24, 2.45) is 0 Å². The molecule has 1 atom stereocenters. The molecule has 1 aromatic rings. The van der Waals surface area contributed by atoms with Crippen LogP contribution < -0.4 is 10.6 Å². The van der Waals surface area contributed by atoms with Crippen molar-refractivity contribution < 1.29 is 13.2 Å². The molecular formula is C13H17F3N2. The van der Waals surface area contributed by atoms with Crippen molar-refractivity contribution in [2.75, 3.05) is 19.6 Å². The lowest BCUT2D eigenvalue weighted by Gasteiger charge is -2.29. The third-order valence-corrected chi connectivity index (χ3v) is 3.29. The van der Waals surface area contributed by atoms with Crippen molar-refractivity contribution in [1.82, 2.24) is 10.6 Å². The van der Waals surface area contributed by atoms with E-state index in [4.69, 9.17) is 0 Å². The van der Waals surface area contributed by atoms with Gasteiger partial charge in [-0.25, -0.2) is 0 Å². The summed E-state index contributed by atoms with van der Waals surface area (Å²) < 4.78 is 38.7. The molecule has 0 saturated carbocycles. The first-order valence-corrected chi connectivity index (χ1v) is 6.14. The first kappa shape index (κ1) is 13.4. The molecule has 0 bridgehead atoms. The van der Waals surface area contributed by atoms with Gasteiger partial charge in [0.25, 0.3) is 0 Å². The number of benzene rings is 1. The van der Waals surface area contributed by atoms with E-state index in [1.165, 1.54) is 6.07 Å². The van der Waals surface area contributed by atoms with Gasteiger partial charge >= 0.3 is 6.18 Å². The molecule has 0 spiro atoms. The Hall–Kier alpha value is -1.07. The summed E-state index contributed by atoms with van der Waals surface area (Å²) >= 11 is 0. The number of likely N-dealkylation sites (N-methyl/N-ethyl adjacent to an activating group) is 1. The summed E-state index contributed by atoms with van der Waals surface area (Å²) in [5, 5.41) is 6.27. The van der Waals surface area contributed by atoms with E-state index in [2.05, 4.69) is 10.6 Å². The van der Waals surface area contributed by atoms with Crippen LogP contribution in [-0.4, -0.2) is 19.6 Å². The highest BCUT2D eigenvalue weighted by molar-refractivity contribution is 5.41. The molecule has 0 fully saturated rings. The zero-order valence-corrected chi connectivity index (χ0v) is 10.3. The predicted octanol–water partition coefficient (Wildman–Crippen LogP) is 2.50. The SMILES string of the molecule is CCNCC1CNCc2c1cccc2C(F)(F)F. The van der Waals surface area contributed by atoms with E-state index in [0.717, 1.165) is 24.7 Å². The molecule has 100 valence electrons. The Kier molecular flexibility index (Phi) is 3.92. The molecule has 0 amide bonds. The third kappa shape index (κ3) is 2.67. The number of hydrogen-bond acceptors (Lipinski definition) is 2. The van der Waals surface area contributed by atoms with Crippen LogP contribution in [-0.2, 0) is 12.7 Å². The molecule has 1 aliphatic rings. The monoisotopic (exact) mass is 258 g/mol. The standard InChI is InChI=1S/C13H17F3N2/c1-2-17-6-9-7-18-8-11-10(9)4-3-5-12(11)13(14,15)16/h3-5,9,17-18H,2,6-8H2,1H3. The topological polar surface area (TPSA) is 24.1 Å². The van der Waals surface area contributed by atoms with E-state index in [0.29, 0.717) is 18.7 Å². The van der Waals surface area contributed by atoms with Crippen LogP contribution in [0.15, 0.2) is 18.2 Å². The van der Waals surface area contributed by atoms with E-state index < -0.39 is 11.7 Å². The van der Waals surface area contributed by atoms with Crippen molar-refractivity contribution in [3.63, 3.8) is 0 Å². The fourth-order valence-corrected chi connectivity index (χ4v) is 2.43. The van der Waals surface area contributed by atoms with Crippen molar-refractivity contribution in [1.29, 1.82) is 0 Å². The van der Waals surface area contributed by atoms with Crippen LogP contribution in [0.1, 0.15) is 29.5 Å². The average Bonchev–Trinajstić information content (AvgIpc) is 2.34. The van der Waals surface area contributed by atoms with Crippen LogP contribution in [0.25, 0.3) is 0 Å². The molecule has 1 unspecified atom stereocenters. The van der Waals surface area contributed by atoms with Crippen LogP contribution in [0.5, 0.6) is 0 Å². The van der Waals surface area contributed by atoms with E-state index in [1.54, 1.807) is 0 Å². The largest absolute Gasteiger partial charge is 0.416 e. The Morgan fingerprint density at radius 3 is 2.83 bits per heavy atom. The first-order chi connectivity index (χ1) is 8.54. The number of nitrogens with one attached hydrogen (secondary N) is 2. The van der Waals surface area contributed by atoms with Gasteiger partial charge in [0, 0.05) is 25.6 Å². The lowest BCUT2D eigenvalue weighted by atomic mass is 9.87. The minimum Gasteiger partial charge on any atom is -0.316 e. The first-order valence-electron chi connectivity index (χ1n) is 6.14. The van der Waals surface area contributed by atoms with Gasteiger partial charge < -0.3 is 10.6 Å². The van der Waals surface area contributed by atoms with Gasteiger partial charge in [-0.15, -0.1) is 0 Å². The minimum absolute atomic E-state index is 0.107. The van der Waals surface area contributed by atoms with Crippen LogP contribution >= 0.6 is 0 Å². The van der Waals surface area contributed by atoms with Crippen LogP contribution in [0.4, 0.5) is 13.2 Å². The summed E-state index contributed by atoms with van der Waals surface area (Å²) in [6, 6.07) is 4.48. The lowest BCUT2D eigenvalue weighted by Crippen LogP contribution is -2.35. The fraction of sp³-hybridized carbons (Fsp3) is 0.538. The van der Waals surface area contributed by atoms with Gasteiger partial charge in [0.1, 0.15) is 0 Å². The Morgan fingerprint density at radius 2 is 2.17 bits per heavy atom. The van der Waals surface area contributed by atoms with E-state index in [1.807, 2.05) is 13.0 Å². The molecule has 2 N–H and O–H groups in total. The quantitative estimate of drug-likeness (QED) is 0.870. The molecule has 1 heterocycles. The maximum atomic E-state index is 12.9. The predicted molar refractivity (Wildman–Crippen MR) is 64.4 cm³/mol. The number of fused-ring (bicyclic) bond motifs is 1. The maximum absolute atomic E-state index is 12.9. The fourth-order valence-electron chi connectivity index (χ4n) is 2.43. The zero-order chi connectivity index (χ0) is 13.2. The van der Waals surface area contributed by atoms with Gasteiger partial charge in [0.15, 0.2) is 0 Å². The highest BCUT2D eigenvalue weighted by Gasteiger charge is 2.35. The number of rotatable bonds is 3. The molecule has 5 heteroatoms. The summed E-state index contributed by atoms with van der Waals surface area (Å²) in [6.07, 6.45) is -4.27. The van der Waals surface area contributed by atoms with Crippen molar-refractivity contribution in [3.8, 4) is 0 Å². The zero-order valence-electron chi connectivity index (χ0n) is 10.3. The van der Waals surface area contributed by atoms with Gasteiger partial charge in [-0.2, -0.15) is 13.2 Å². The minimum atomic E-state index is -4.27. The molecule has 2 nitrogen and oxygen atoms in total. The highest BCUT2D eigenvalue weighted by Crippen LogP contribution is 2.36. The Bertz CT molecular complexity index is 415. The molecule has 0 radical (unpaired) electrons. The maximum Gasteiger partial charge on any atom is 0.416 e. The second-order valence-electron chi connectivity index (χ2n) is 4.51. The van der Waals surface area contributed by atoms with E-state index >= 15 is 0 Å². The molecule has 0 saturated heterocycles. The van der Waals surface area contributed by atoms with Crippen molar-refractivity contribution in [2.45, 2.75) is 25.6 Å². The van der Waals surface area contributed by atoms with E-state index in [9.17, 15) is 13.2 Å². The number of hydrogen-bond donors (Lipinski definition) is 2. The van der Waals surface area contributed by atoms with Crippen LogP contribution in [0.2, 0.25) is 0 Å². The smallest absolute Gasteiger partial charge is 0.316 e. The molecule has 1 aromatic carbocycles. The summed E-state index contributed by atoms with van der Waals surface area (Å²) in [5.74, 6) is 0.107. The lowest BCUT2D eigenvalue weighted by molar-refractivity contribution is -0.138. The molecule has 1 aliphatic heterocycles. The summed E-state index contributed by atoms with van der Waals surface area (Å²) in [7, 11) is 0. The number of halogens is 3. The molecule has 0 aromatic heterocycles. The van der Waals surface area contributed by atoms with Gasteiger partial charge in [0.05, 0.1) is 5.56 Å². The second kappa shape index (κ2) is 5.28. The summed E-state index contributed by atoms with van der Waals surface area (Å²) in [6.45, 7) is 4.54. The molecule has 2 rings (SSSR count). The van der Waals surface area contributed by atoms with E-state index in [-0.39, 0.29) is 5.92 Å². The van der Waals surface area contributed by atoms with Crippen molar-refractivity contribution >= 4 is 0 Å². The van der Waals surface area contributed by atoms with Crippen molar-refractivity contribution in [3.05, 3.63) is 34.9 Å². The highest BCUT2D eigenvalue weighted by atomic mass is 19.4. The molecule has 0 aliphatic carbocycles. The molecule has 18 heavy (non-hydrogen) atoms. The Morgan fingerprint density at radius 1 is 1.39 bits per heavy atom. The van der Waals surface area contributed by atoms with Gasteiger partial charge in [0.2, 0.25) is 0 Å². The third-order valence-electron chi connectivity index (χ3n) is 3.29. The van der Waals surface area contributed by atoms with Crippen LogP contribution in [0.3, 0.4) is 0 Å².